The molecule has 0 aliphatic carbocycles. The molecule has 6 heteroatoms. The van der Waals surface area contributed by atoms with Gasteiger partial charge in [0.2, 0.25) is 0 Å². The molecule has 0 spiro atoms. The van der Waals surface area contributed by atoms with E-state index >= 15 is 0 Å². The Kier molecular flexibility index (Phi) is 5.31. The molecule has 0 fully saturated rings. The van der Waals surface area contributed by atoms with Crippen LogP contribution in [-0.2, 0) is 0 Å². The summed E-state index contributed by atoms with van der Waals surface area (Å²) in [5.74, 6) is 1.71. The largest absolute Gasteiger partial charge is 0.299 e. The Hall–Kier alpha value is -6.01. The topological polar surface area (TPSA) is 52.9 Å². The van der Waals surface area contributed by atoms with Gasteiger partial charge in [-0.15, -0.1) is 0 Å². The molecule has 0 N–H and O–H groups in total. The predicted octanol–water partition coefficient (Wildman–Crippen LogP) is 8.81. The highest BCUT2D eigenvalue weighted by Crippen LogP contribution is 2.34. The Morgan fingerprint density at radius 2 is 1.16 bits per heavy atom. The average Bonchev–Trinajstić information content (AvgIpc) is 3.76. The van der Waals surface area contributed by atoms with Crippen LogP contribution in [0, 0.1) is 6.92 Å². The van der Waals surface area contributed by atoms with E-state index < -0.39 is 0 Å². The van der Waals surface area contributed by atoms with E-state index in [1.807, 2.05) is 18.3 Å². The van der Waals surface area contributed by atoms with Crippen LogP contribution in [-0.4, -0.2) is 28.5 Å². The van der Waals surface area contributed by atoms with Crippen molar-refractivity contribution in [1.82, 2.24) is 28.5 Å². The molecule has 208 valence electrons. The van der Waals surface area contributed by atoms with Gasteiger partial charge in [0.05, 0.1) is 27.8 Å². The summed E-state index contributed by atoms with van der Waals surface area (Å²) in [6.07, 6.45) is 4.00. The first kappa shape index (κ1) is 24.6. The second-order valence-electron chi connectivity index (χ2n) is 11.1. The molecule has 9 aromatic rings. The fourth-order valence-electron chi connectivity index (χ4n) is 6.38. The molecule has 0 unspecified atom stereocenters. The van der Waals surface area contributed by atoms with Crippen molar-refractivity contribution >= 4 is 38.5 Å². The third kappa shape index (κ3) is 3.64. The van der Waals surface area contributed by atoms with E-state index in [2.05, 4.69) is 142 Å². The fourth-order valence-corrected chi connectivity index (χ4v) is 6.38. The van der Waals surface area contributed by atoms with Gasteiger partial charge in [-0.2, -0.15) is 0 Å². The molecule has 6 nitrogen and oxygen atoms in total. The summed E-state index contributed by atoms with van der Waals surface area (Å²) in [6, 6.07) is 44.2. The molecule has 0 aliphatic rings. The molecule has 0 saturated carbocycles. The van der Waals surface area contributed by atoms with E-state index in [0.29, 0.717) is 0 Å². The molecule has 9 rings (SSSR count). The summed E-state index contributed by atoms with van der Waals surface area (Å²) in [6.45, 7) is 2.08. The van der Waals surface area contributed by atoms with Gasteiger partial charge in [-0.25, -0.2) is 15.0 Å². The van der Waals surface area contributed by atoms with E-state index in [0.717, 1.165) is 67.6 Å². The number of imidazole rings is 2. The standard InChI is InChI=1S/C38H26N6/c1-25-23-39-37-38(44-33-16-8-5-13-29(33)30-14-6-9-17-34(30)44)41-32(24-42(25)37)26-19-21-27(22-20-26)36-40-31-15-7-10-18-35(31)43(36)28-11-3-2-4-12-28/h2-24H,1H3. The molecule has 0 amide bonds. The molecule has 44 heavy (non-hydrogen) atoms. The van der Waals surface area contributed by atoms with Crippen LogP contribution in [0.5, 0.6) is 0 Å². The summed E-state index contributed by atoms with van der Waals surface area (Å²) < 4.78 is 6.61. The van der Waals surface area contributed by atoms with Crippen LogP contribution < -0.4 is 0 Å². The molecular weight excluding hydrogens is 540 g/mol. The van der Waals surface area contributed by atoms with E-state index in [1.165, 1.54) is 10.8 Å². The minimum Gasteiger partial charge on any atom is -0.299 e. The minimum atomic E-state index is 0.808. The molecule has 0 saturated heterocycles. The van der Waals surface area contributed by atoms with Gasteiger partial charge < -0.3 is 0 Å². The molecule has 0 bridgehead atoms. The van der Waals surface area contributed by atoms with Gasteiger partial charge in [0.25, 0.3) is 0 Å². The Labute approximate surface area is 253 Å². The van der Waals surface area contributed by atoms with E-state index in [4.69, 9.17) is 15.0 Å². The van der Waals surface area contributed by atoms with E-state index in [-0.39, 0.29) is 0 Å². The van der Waals surface area contributed by atoms with Gasteiger partial charge in [0.15, 0.2) is 11.5 Å². The lowest BCUT2D eigenvalue weighted by molar-refractivity contribution is 1.01. The number of aryl methyl sites for hydroxylation is 1. The number of aromatic nitrogens is 6. The number of hydrogen-bond acceptors (Lipinski definition) is 3. The van der Waals surface area contributed by atoms with Crippen molar-refractivity contribution in [1.29, 1.82) is 0 Å². The van der Waals surface area contributed by atoms with E-state index in [1.54, 1.807) is 0 Å². The van der Waals surface area contributed by atoms with Crippen molar-refractivity contribution in [2.24, 2.45) is 0 Å². The maximum atomic E-state index is 5.29. The Bertz CT molecular complexity index is 2440. The van der Waals surface area contributed by atoms with Gasteiger partial charge in [0.1, 0.15) is 5.82 Å². The molecule has 0 aliphatic heterocycles. The maximum absolute atomic E-state index is 5.29. The molecular formula is C38H26N6. The van der Waals surface area contributed by atoms with Crippen LogP contribution in [0.15, 0.2) is 140 Å². The minimum absolute atomic E-state index is 0.808. The zero-order valence-corrected chi connectivity index (χ0v) is 24.0. The van der Waals surface area contributed by atoms with Gasteiger partial charge in [0, 0.05) is 45.7 Å². The zero-order valence-electron chi connectivity index (χ0n) is 24.0. The number of para-hydroxylation sites is 5. The van der Waals surface area contributed by atoms with Crippen LogP contribution in [0.3, 0.4) is 0 Å². The van der Waals surface area contributed by atoms with Crippen LogP contribution in [0.4, 0.5) is 0 Å². The number of fused-ring (bicyclic) bond motifs is 5. The Morgan fingerprint density at radius 3 is 1.89 bits per heavy atom. The number of nitrogens with zero attached hydrogens (tertiary/aromatic N) is 6. The molecule has 4 aromatic heterocycles. The molecule has 4 heterocycles. The van der Waals surface area contributed by atoms with Crippen LogP contribution >= 0.6 is 0 Å². The highest BCUT2D eigenvalue weighted by Gasteiger charge is 2.19. The van der Waals surface area contributed by atoms with Gasteiger partial charge >= 0.3 is 0 Å². The highest BCUT2D eigenvalue weighted by molar-refractivity contribution is 6.09. The molecule has 0 radical (unpaired) electrons. The summed E-state index contributed by atoms with van der Waals surface area (Å²) in [5.41, 5.74) is 10.2. The van der Waals surface area contributed by atoms with Crippen LogP contribution in [0.25, 0.3) is 72.6 Å². The van der Waals surface area contributed by atoms with Crippen LogP contribution in [0.2, 0.25) is 0 Å². The summed E-state index contributed by atoms with van der Waals surface area (Å²) in [5, 5.41) is 2.39. The summed E-state index contributed by atoms with van der Waals surface area (Å²) >= 11 is 0. The highest BCUT2D eigenvalue weighted by atomic mass is 15.1. The summed E-state index contributed by atoms with van der Waals surface area (Å²) in [7, 11) is 0. The van der Waals surface area contributed by atoms with Crippen molar-refractivity contribution in [2.75, 3.05) is 0 Å². The van der Waals surface area contributed by atoms with Crippen molar-refractivity contribution in [3.05, 3.63) is 145 Å². The maximum Gasteiger partial charge on any atom is 0.182 e. The van der Waals surface area contributed by atoms with Gasteiger partial charge in [-0.3, -0.25) is 13.5 Å². The lowest BCUT2D eigenvalue weighted by Crippen LogP contribution is -2.04. The summed E-state index contributed by atoms with van der Waals surface area (Å²) in [4.78, 5) is 15.1. The van der Waals surface area contributed by atoms with Gasteiger partial charge in [-0.1, -0.05) is 91.0 Å². The van der Waals surface area contributed by atoms with Crippen LogP contribution in [0.1, 0.15) is 5.69 Å². The average molecular weight is 567 g/mol. The lowest BCUT2D eigenvalue weighted by atomic mass is 10.1. The second kappa shape index (κ2) is 9.51. The first-order valence-electron chi connectivity index (χ1n) is 14.7. The Balaban J connectivity index is 1.23. The number of benzene rings is 5. The van der Waals surface area contributed by atoms with Crippen molar-refractivity contribution in [3.8, 4) is 34.2 Å². The third-order valence-corrected chi connectivity index (χ3v) is 8.47. The number of hydrogen-bond donors (Lipinski definition) is 0. The van der Waals surface area contributed by atoms with E-state index in [9.17, 15) is 0 Å². The Morgan fingerprint density at radius 1 is 0.545 bits per heavy atom. The predicted molar refractivity (Wildman–Crippen MR) is 178 cm³/mol. The third-order valence-electron chi connectivity index (χ3n) is 8.47. The molecule has 5 aromatic carbocycles. The SMILES string of the molecule is Cc1cnc2c(-n3c4ccccc4c4ccccc43)nc(-c3ccc(-c4nc5ccccc5n4-c4ccccc4)cc3)cn12. The first-order chi connectivity index (χ1) is 21.7. The zero-order chi connectivity index (χ0) is 29.2. The number of rotatable bonds is 4. The molecule has 0 atom stereocenters. The first-order valence-corrected chi connectivity index (χ1v) is 14.7. The quantitative estimate of drug-likeness (QED) is 0.214. The lowest BCUT2D eigenvalue weighted by Gasteiger charge is -2.13. The fraction of sp³-hybridized carbons (Fsp3) is 0.0263. The van der Waals surface area contributed by atoms with Crippen molar-refractivity contribution in [3.63, 3.8) is 0 Å². The second-order valence-corrected chi connectivity index (χ2v) is 11.1. The normalized spacial score (nSPS) is 11.8. The van der Waals surface area contributed by atoms with Gasteiger partial charge in [-0.05, 0) is 43.3 Å². The van der Waals surface area contributed by atoms with Crippen molar-refractivity contribution in [2.45, 2.75) is 6.92 Å². The monoisotopic (exact) mass is 566 g/mol. The smallest absolute Gasteiger partial charge is 0.182 e. The van der Waals surface area contributed by atoms with Crippen molar-refractivity contribution < 1.29 is 0 Å².